The smallest absolute Gasteiger partial charge is 0.136 e. The molecule has 2 unspecified atom stereocenters. The van der Waals surface area contributed by atoms with Crippen LogP contribution in [0.25, 0.3) is 0 Å². The molecule has 0 amide bonds. The van der Waals surface area contributed by atoms with Gasteiger partial charge in [-0.25, -0.2) is 4.39 Å². The van der Waals surface area contributed by atoms with Crippen LogP contribution in [0.5, 0.6) is 0 Å². The maximum absolute atomic E-state index is 14.4. The van der Waals surface area contributed by atoms with Gasteiger partial charge in [0.15, 0.2) is 0 Å². The fourth-order valence-corrected chi connectivity index (χ4v) is 3.70. The van der Waals surface area contributed by atoms with Crippen LogP contribution in [0.15, 0.2) is 22.7 Å². The van der Waals surface area contributed by atoms with Crippen molar-refractivity contribution in [3.05, 3.63) is 34.1 Å². The topological polar surface area (TPSA) is 55.3 Å². The largest absolute Gasteiger partial charge is 0.598 e. The predicted molar refractivity (Wildman–Crippen MR) is 91.3 cm³/mol. The summed E-state index contributed by atoms with van der Waals surface area (Å²) in [6, 6.07) is 4.70. The second kappa shape index (κ2) is 6.06. The molecule has 1 saturated carbocycles. The molecule has 1 aromatic rings. The van der Waals surface area contributed by atoms with Crippen molar-refractivity contribution in [3.8, 4) is 0 Å². The summed E-state index contributed by atoms with van der Waals surface area (Å²) in [6.07, 6.45) is 1.72. The van der Waals surface area contributed by atoms with Gasteiger partial charge in [0, 0.05) is 27.8 Å². The molecular formula is C16H23BrFNO2S. The van der Waals surface area contributed by atoms with Crippen LogP contribution in [-0.4, -0.2) is 20.0 Å². The van der Waals surface area contributed by atoms with E-state index in [0.717, 1.165) is 4.47 Å². The molecule has 124 valence electrons. The maximum Gasteiger partial charge on any atom is 0.136 e. The van der Waals surface area contributed by atoms with Crippen LogP contribution < -0.4 is 4.72 Å². The first-order valence-corrected chi connectivity index (χ1v) is 9.27. The average Bonchev–Trinajstić information content (AvgIpc) is 3.08. The quantitative estimate of drug-likeness (QED) is 0.751. The van der Waals surface area contributed by atoms with E-state index in [1.54, 1.807) is 19.1 Å². The molecule has 1 fully saturated rings. The minimum atomic E-state index is -1.37. The fraction of sp³-hybridized carbons (Fsp3) is 0.625. The lowest BCUT2D eigenvalue weighted by molar-refractivity contribution is 0.106. The molecule has 0 aliphatic heterocycles. The van der Waals surface area contributed by atoms with Gasteiger partial charge < -0.3 is 9.66 Å². The normalized spacial score (nSPS) is 21.3. The molecule has 3 nitrogen and oxygen atoms in total. The third-order valence-corrected chi connectivity index (χ3v) is 6.15. The second-order valence-electron chi connectivity index (χ2n) is 7.34. The first kappa shape index (κ1) is 18.2. The molecule has 2 N–H and O–H groups in total. The molecule has 0 heterocycles. The van der Waals surface area contributed by atoms with E-state index < -0.39 is 27.2 Å². The molecule has 6 heteroatoms. The Kier molecular flexibility index (Phi) is 5.01. The molecular weight excluding hydrogens is 369 g/mol. The Balaban J connectivity index is 2.38. The highest BCUT2D eigenvalue weighted by Crippen LogP contribution is 2.46. The molecule has 0 aromatic heterocycles. The minimum Gasteiger partial charge on any atom is -0.598 e. The number of nitrogens with one attached hydrogen (secondary N) is 1. The third-order valence-electron chi connectivity index (χ3n) is 3.91. The third kappa shape index (κ3) is 4.23. The first-order chi connectivity index (χ1) is 9.95. The lowest BCUT2D eigenvalue weighted by Crippen LogP contribution is -2.51. The highest BCUT2D eigenvalue weighted by Gasteiger charge is 2.50. The van der Waals surface area contributed by atoms with Crippen molar-refractivity contribution in [2.24, 2.45) is 0 Å². The van der Waals surface area contributed by atoms with Crippen molar-refractivity contribution in [2.75, 3.05) is 0 Å². The van der Waals surface area contributed by atoms with Crippen LogP contribution >= 0.6 is 15.9 Å². The standard InChI is InChI=1S/C16H23BrFNO2S/c1-14(2,3)22(21)19-15(4,10-16(20)7-8-16)12-9-11(17)5-6-13(12)18/h5-6,9,19-20H,7-8,10H2,1-4H3. The Morgan fingerprint density at radius 2 is 1.95 bits per heavy atom. The zero-order valence-electron chi connectivity index (χ0n) is 13.4. The van der Waals surface area contributed by atoms with Gasteiger partial charge in [0.2, 0.25) is 0 Å². The van der Waals surface area contributed by atoms with Crippen LogP contribution in [0.1, 0.15) is 52.5 Å². The van der Waals surface area contributed by atoms with Gasteiger partial charge in [-0.05, 0) is 58.7 Å². The van der Waals surface area contributed by atoms with E-state index in [9.17, 15) is 14.0 Å². The fourth-order valence-electron chi connectivity index (χ4n) is 2.44. The van der Waals surface area contributed by atoms with E-state index >= 15 is 0 Å². The van der Waals surface area contributed by atoms with Gasteiger partial charge in [-0.3, -0.25) is 0 Å². The van der Waals surface area contributed by atoms with E-state index in [0.29, 0.717) is 24.8 Å². The van der Waals surface area contributed by atoms with E-state index in [1.807, 2.05) is 20.8 Å². The van der Waals surface area contributed by atoms with Gasteiger partial charge in [0.05, 0.1) is 11.1 Å². The van der Waals surface area contributed by atoms with Gasteiger partial charge in [-0.2, -0.15) is 0 Å². The van der Waals surface area contributed by atoms with E-state index in [2.05, 4.69) is 20.7 Å². The van der Waals surface area contributed by atoms with Crippen LogP contribution in [-0.2, 0) is 16.9 Å². The molecule has 1 aromatic carbocycles. The molecule has 1 aliphatic rings. The van der Waals surface area contributed by atoms with E-state index in [-0.39, 0.29) is 5.82 Å². The molecule has 0 spiro atoms. The second-order valence-corrected chi connectivity index (χ2v) is 10.2. The molecule has 2 rings (SSSR count). The van der Waals surface area contributed by atoms with Gasteiger partial charge in [-0.1, -0.05) is 15.9 Å². The van der Waals surface area contributed by atoms with Crippen molar-refractivity contribution in [1.29, 1.82) is 0 Å². The predicted octanol–water partition coefficient (Wildman–Crippen LogP) is 3.77. The van der Waals surface area contributed by atoms with E-state index in [4.69, 9.17) is 0 Å². The van der Waals surface area contributed by atoms with Gasteiger partial charge >= 0.3 is 0 Å². The van der Waals surface area contributed by atoms with Crippen LogP contribution in [0.3, 0.4) is 0 Å². The zero-order valence-corrected chi connectivity index (χ0v) is 15.8. The molecule has 22 heavy (non-hydrogen) atoms. The zero-order chi connectivity index (χ0) is 16.8. The van der Waals surface area contributed by atoms with Crippen molar-refractivity contribution >= 4 is 27.3 Å². The summed E-state index contributed by atoms with van der Waals surface area (Å²) >= 11 is 1.98. The Labute approximate surface area is 143 Å². The minimum absolute atomic E-state index is 0.329. The number of halogens is 2. The molecule has 0 bridgehead atoms. The van der Waals surface area contributed by atoms with Crippen molar-refractivity contribution in [1.82, 2.24) is 4.72 Å². The van der Waals surface area contributed by atoms with Crippen molar-refractivity contribution in [3.63, 3.8) is 0 Å². The van der Waals surface area contributed by atoms with Crippen LogP contribution in [0.4, 0.5) is 4.39 Å². The van der Waals surface area contributed by atoms with Crippen molar-refractivity contribution < 1.29 is 14.0 Å². The summed E-state index contributed by atoms with van der Waals surface area (Å²) in [5.41, 5.74) is -1.28. The highest BCUT2D eigenvalue weighted by atomic mass is 79.9. The van der Waals surface area contributed by atoms with Gasteiger partial charge in [0.1, 0.15) is 10.6 Å². The number of aliphatic hydroxyl groups is 1. The number of hydrogen-bond acceptors (Lipinski definition) is 3. The van der Waals surface area contributed by atoms with Crippen LogP contribution in [0, 0.1) is 5.82 Å². The molecule has 0 saturated heterocycles. The highest BCUT2D eigenvalue weighted by molar-refractivity contribution is 9.10. The number of benzene rings is 1. The van der Waals surface area contributed by atoms with Gasteiger partial charge in [-0.15, -0.1) is 4.72 Å². The lowest BCUT2D eigenvalue weighted by atomic mass is 9.86. The Morgan fingerprint density at radius 1 is 1.36 bits per heavy atom. The number of rotatable bonds is 5. The van der Waals surface area contributed by atoms with Gasteiger partial charge in [0.25, 0.3) is 0 Å². The van der Waals surface area contributed by atoms with E-state index in [1.165, 1.54) is 6.07 Å². The Bertz CT molecular complexity index is 560. The molecule has 1 aliphatic carbocycles. The SMILES string of the molecule is CC(CC1(O)CC1)(N[S+]([O-])C(C)(C)C)c1cc(Br)ccc1F. The summed E-state index contributed by atoms with van der Waals surface area (Å²) in [6.45, 7) is 7.39. The summed E-state index contributed by atoms with van der Waals surface area (Å²) in [5.74, 6) is -0.367. The number of hydrogen-bond donors (Lipinski definition) is 2. The Morgan fingerprint density at radius 3 is 2.45 bits per heavy atom. The first-order valence-electron chi connectivity index (χ1n) is 7.33. The summed E-state index contributed by atoms with van der Waals surface area (Å²) in [7, 11) is 0. The summed E-state index contributed by atoms with van der Waals surface area (Å²) in [5, 5.41) is 10.3. The molecule has 2 atom stereocenters. The molecule has 0 radical (unpaired) electrons. The Hall–Kier alpha value is -0.140. The lowest BCUT2D eigenvalue weighted by Gasteiger charge is -2.36. The van der Waals surface area contributed by atoms with Crippen molar-refractivity contribution in [2.45, 2.75) is 62.8 Å². The van der Waals surface area contributed by atoms with Crippen LogP contribution in [0.2, 0.25) is 0 Å². The average molecular weight is 392 g/mol. The monoisotopic (exact) mass is 391 g/mol. The summed E-state index contributed by atoms with van der Waals surface area (Å²) < 4.78 is 30.2. The maximum atomic E-state index is 14.4. The summed E-state index contributed by atoms with van der Waals surface area (Å²) in [4.78, 5) is 0.